The van der Waals surface area contributed by atoms with E-state index >= 15 is 0 Å². The molecule has 0 bridgehead atoms. The Morgan fingerprint density at radius 1 is 1.11 bits per heavy atom. The van der Waals surface area contributed by atoms with Crippen LogP contribution in [-0.4, -0.2) is 29.0 Å². The van der Waals surface area contributed by atoms with Crippen LogP contribution in [0.4, 0.5) is 5.69 Å². The van der Waals surface area contributed by atoms with E-state index in [0.717, 1.165) is 37.3 Å². The molecule has 28 heavy (non-hydrogen) atoms. The van der Waals surface area contributed by atoms with Crippen molar-refractivity contribution in [3.8, 4) is 0 Å². The average molecular weight is 373 g/mol. The number of pyridine rings is 1. The number of hydrogen-bond donors (Lipinski definition) is 2. The van der Waals surface area contributed by atoms with Gasteiger partial charge in [-0.25, -0.2) is 0 Å². The second-order valence-corrected chi connectivity index (χ2v) is 8.82. The van der Waals surface area contributed by atoms with Gasteiger partial charge in [0.25, 0.3) is 0 Å². The number of nitrogen functional groups attached to an aromatic ring is 1. The molecule has 2 aromatic carbocycles. The zero-order valence-corrected chi connectivity index (χ0v) is 16.5. The molecule has 5 rings (SSSR count). The number of aromatic nitrogens is 1. The van der Waals surface area contributed by atoms with Crippen LogP contribution in [0.15, 0.2) is 48.7 Å². The SMILES string of the molecule is Cc1cc(N)ccc1Cc1ccnc2cc(CN3CC(N)C4(CC4)C3)ccc12. The van der Waals surface area contributed by atoms with Crippen molar-refractivity contribution in [2.24, 2.45) is 11.1 Å². The first-order valence-electron chi connectivity index (χ1n) is 10.2. The van der Waals surface area contributed by atoms with E-state index in [2.05, 4.69) is 47.1 Å². The van der Waals surface area contributed by atoms with E-state index in [1.54, 1.807) is 0 Å². The standard InChI is InChI=1S/C24H28N4/c1-16-10-20(25)4-3-18(16)12-19-6-9-27-22-11-17(2-5-21(19)22)13-28-14-23(26)24(15-28)7-8-24/h2-6,9-11,23H,7-8,12-15,25-26H2,1H3. The molecule has 1 unspecified atom stereocenters. The Morgan fingerprint density at radius 3 is 2.71 bits per heavy atom. The van der Waals surface area contributed by atoms with Gasteiger partial charge in [-0.2, -0.15) is 0 Å². The van der Waals surface area contributed by atoms with Gasteiger partial charge in [-0.3, -0.25) is 9.88 Å². The lowest BCUT2D eigenvalue weighted by atomic mass is 9.97. The highest BCUT2D eigenvalue weighted by Gasteiger charge is 2.53. The topological polar surface area (TPSA) is 68.2 Å². The third-order valence-electron chi connectivity index (χ3n) is 6.72. The van der Waals surface area contributed by atoms with E-state index in [9.17, 15) is 0 Å². The fourth-order valence-electron chi connectivity index (χ4n) is 4.80. The van der Waals surface area contributed by atoms with Gasteiger partial charge >= 0.3 is 0 Å². The van der Waals surface area contributed by atoms with Crippen LogP contribution in [0.2, 0.25) is 0 Å². The molecule has 2 fully saturated rings. The Labute approximate surface area is 166 Å². The summed E-state index contributed by atoms with van der Waals surface area (Å²) in [4.78, 5) is 7.16. The predicted octanol–water partition coefficient (Wildman–Crippen LogP) is 3.64. The van der Waals surface area contributed by atoms with Crippen molar-refractivity contribution in [3.05, 3.63) is 70.9 Å². The highest BCUT2D eigenvalue weighted by molar-refractivity contribution is 5.83. The Hall–Kier alpha value is -2.43. The second kappa shape index (κ2) is 6.57. The summed E-state index contributed by atoms with van der Waals surface area (Å²) in [7, 11) is 0. The van der Waals surface area contributed by atoms with Gasteiger partial charge in [0, 0.05) is 42.9 Å². The Morgan fingerprint density at radius 2 is 1.96 bits per heavy atom. The number of likely N-dealkylation sites (tertiary alicyclic amines) is 1. The number of hydrogen-bond acceptors (Lipinski definition) is 4. The highest BCUT2D eigenvalue weighted by Crippen LogP contribution is 2.52. The van der Waals surface area contributed by atoms with Crippen LogP contribution in [0.5, 0.6) is 0 Å². The van der Waals surface area contributed by atoms with Crippen molar-refractivity contribution in [1.29, 1.82) is 0 Å². The molecule has 144 valence electrons. The van der Waals surface area contributed by atoms with Crippen LogP contribution >= 0.6 is 0 Å². The molecular weight excluding hydrogens is 344 g/mol. The number of fused-ring (bicyclic) bond motifs is 1. The van der Waals surface area contributed by atoms with Gasteiger partial charge in [0.15, 0.2) is 0 Å². The molecule has 2 aliphatic rings. The molecule has 4 heteroatoms. The largest absolute Gasteiger partial charge is 0.399 e. The monoisotopic (exact) mass is 372 g/mol. The van der Waals surface area contributed by atoms with E-state index in [-0.39, 0.29) is 0 Å². The van der Waals surface area contributed by atoms with Gasteiger partial charge in [-0.05, 0) is 78.1 Å². The molecule has 1 atom stereocenters. The minimum Gasteiger partial charge on any atom is -0.399 e. The van der Waals surface area contributed by atoms with Crippen molar-refractivity contribution < 1.29 is 0 Å². The maximum atomic E-state index is 6.36. The number of nitrogens with zero attached hydrogens (tertiary/aromatic N) is 2. The molecule has 1 spiro atoms. The van der Waals surface area contributed by atoms with Crippen molar-refractivity contribution in [3.63, 3.8) is 0 Å². The minimum absolute atomic E-state index is 0.348. The lowest BCUT2D eigenvalue weighted by molar-refractivity contribution is 0.312. The maximum absolute atomic E-state index is 6.36. The number of aryl methyl sites for hydroxylation is 1. The van der Waals surface area contributed by atoms with Crippen molar-refractivity contribution >= 4 is 16.6 Å². The van der Waals surface area contributed by atoms with Crippen LogP contribution in [0.25, 0.3) is 10.9 Å². The molecule has 1 saturated heterocycles. The van der Waals surface area contributed by atoms with Crippen LogP contribution in [0.1, 0.15) is 35.1 Å². The molecule has 1 aromatic heterocycles. The summed E-state index contributed by atoms with van der Waals surface area (Å²) in [5.41, 5.74) is 19.8. The van der Waals surface area contributed by atoms with E-state index in [1.165, 1.54) is 40.5 Å². The zero-order valence-electron chi connectivity index (χ0n) is 16.5. The highest BCUT2D eigenvalue weighted by atomic mass is 15.2. The number of nitrogens with two attached hydrogens (primary N) is 2. The van der Waals surface area contributed by atoms with Crippen molar-refractivity contribution in [2.45, 2.75) is 38.8 Å². The van der Waals surface area contributed by atoms with E-state index in [1.807, 2.05) is 18.3 Å². The van der Waals surface area contributed by atoms with E-state index in [4.69, 9.17) is 11.5 Å². The van der Waals surface area contributed by atoms with Crippen LogP contribution < -0.4 is 11.5 Å². The summed E-state index contributed by atoms with van der Waals surface area (Å²) in [6.07, 6.45) is 5.43. The van der Waals surface area contributed by atoms with E-state index < -0.39 is 0 Å². The van der Waals surface area contributed by atoms with Gasteiger partial charge in [0.05, 0.1) is 5.52 Å². The molecular formula is C24H28N4. The summed E-state index contributed by atoms with van der Waals surface area (Å²) < 4.78 is 0. The van der Waals surface area contributed by atoms with Gasteiger partial charge in [-0.1, -0.05) is 18.2 Å². The molecule has 0 radical (unpaired) electrons. The summed E-state index contributed by atoms with van der Waals surface area (Å²) in [6, 6.07) is 15.4. The first kappa shape index (κ1) is 17.7. The minimum atomic E-state index is 0.348. The molecule has 3 aromatic rings. The van der Waals surface area contributed by atoms with Crippen LogP contribution in [0.3, 0.4) is 0 Å². The molecule has 2 heterocycles. The molecule has 1 aliphatic heterocycles. The quantitative estimate of drug-likeness (QED) is 0.686. The molecule has 1 saturated carbocycles. The summed E-state index contributed by atoms with van der Waals surface area (Å²) >= 11 is 0. The van der Waals surface area contributed by atoms with Gasteiger partial charge in [-0.15, -0.1) is 0 Å². The Bertz CT molecular complexity index is 1040. The lowest BCUT2D eigenvalue weighted by Crippen LogP contribution is -2.30. The number of anilines is 1. The van der Waals surface area contributed by atoms with Gasteiger partial charge in [0.1, 0.15) is 0 Å². The van der Waals surface area contributed by atoms with Crippen molar-refractivity contribution in [1.82, 2.24) is 9.88 Å². The smallest absolute Gasteiger partial charge is 0.0708 e. The third kappa shape index (κ3) is 3.17. The van der Waals surface area contributed by atoms with Gasteiger partial charge < -0.3 is 11.5 Å². The summed E-state index contributed by atoms with van der Waals surface area (Å²) in [5, 5.41) is 1.24. The van der Waals surface area contributed by atoms with Gasteiger partial charge in [0.2, 0.25) is 0 Å². The zero-order chi connectivity index (χ0) is 19.3. The Kier molecular flexibility index (Phi) is 4.14. The fraction of sp³-hybridized carbons (Fsp3) is 0.375. The van der Waals surface area contributed by atoms with E-state index in [0.29, 0.717) is 11.5 Å². The fourth-order valence-corrected chi connectivity index (χ4v) is 4.80. The summed E-state index contributed by atoms with van der Waals surface area (Å²) in [6.45, 7) is 5.26. The molecule has 4 nitrogen and oxygen atoms in total. The average Bonchev–Trinajstić information content (AvgIpc) is 3.38. The molecule has 1 aliphatic carbocycles. The molecule has 4 N–H and O–H groups in total. The number of rotatable bonds is 4. The maximum Gasteiger partial charge on any atom is 0.0708 e. The first-order valence-corrected chi connectivity index (χ1v) is 10.2. The van der Waals surface area contributed by atoms with Crippen LogP contribution in [0, 0.1) is 12.3 Å². The van der Waals surface area contributed by atoms with Crippen LogP contribution in [-0.2, 0) is 13.0 Å². The summed E-state index contributed by atoms with van der Waals surface area (Å²) in [5.74, 6) is 0. The number of benzene rings is 2. The third-order valence-corrected chi connectivity index (χ3v) is 6.72. The lowest BCUT2D eigenvalue weighted by Gasteiger charge is -2.16. The predicted molar refractivity (Wildman–Crippen MR) is 115 cm³/mol. The molecule has 0 amide bonds. The second-order valence-electron chi connectivity index (χ2n) is 8.82. The normalized spacial score (nSPS) is 20.9. The van der Waals surface area contributed by atoms with Crippen molar-refractivity contribution in [2.75, 3.05) is 18.8 Å². The first-order chi connectivity index (χ1) is 13.5. The Balaban J connectivity index is 1.39.